The topological polar surface area (TPSA) is 64.6 Å². The van der Waals surface area contributed by atoms with Crippen LogP contribution in [0.25, 0.3) is 11.0 Å². The lowest BCUT2D eigenvalue weighted by atomic mass is 10.1. The number of carbonyl (C=O) groups excluding carboxylic acids is 1. The summed E-state index contributed by atoms with van der Waals surface area (Å²) in [6, 6.07) is 11.7. The Balaban J connectivity index is 1.31. The fourth-order valence-corrected chi connectivity index (χ4v) is 5.19. The van der Waals surface area contributed by atoms with Crippen LogP contribution in [0.2, 0.25) is 0 Å². The molecule has 3 aromatic rings. The molecule has 5 rings (SSSR count). The molecule has 8 heteroatoms. The molecule has 1 aromatic heterocycles. The van der Waals surface area contributed by atoms with Crippen LogP contribution in [-0.4, -0.2) is 45.2 Å². The van der Waals surface area contributed by atoms with Crippen molar-refractivity contribution in [2.75, 3.05) is 25.6 Å². The van der Waals surface area contributed by atoms with E-state index in [0.717, 1.165) is 47.8 Å². The second-order valence-corrected chi connectivity index (χ2v) is 8.36. The molecule has 2 aromatic carbocycles. The van der Waals surface area contributed by atoms with Gasteiger partial charge in [-0.1, -0.05) is 6.07 Å². The minimum atomic E-state index is 0.0665. The van der Waals surface area contributed by atoms with Crippen molar-refractivity contribution in [1.82, 2.24) is 13.6 Å². The van der Waals surface area contributed by atoms with Crippen LogP contribution in [-0.2, 0) is 0 Å². The molecule has 0 radical (unpaired) electrons. The van der Waals surface area contributed by atoms with Crippen molar-refractivity contribution in [2.45, 2.75) is 11.7 Å². The molecular weight excluding hydrogens is 382 g/mol. The van der Waals surface area contributed by atoms with Gasteiger partial charge in [0.25, 0.3) is 5.91 Å². The van der Waals surface area contributed by atoms with E-state index in [4.69, 9.17) is 9.47 Å². The number of rotatable bonds is 2. The van der Waals surface area contributed by atoms with Crippen molar-refractivity contribution in [1.29, 1.82) is 0 Å². The minimum Gasteiger partial charge on any atom is -0.454 e. The molecule has 0 bridgehead atoms. The van der Waals surface area contributed by atoms with Gasteiger partial charge in [-0.3, -0.25) is 4.79 Å². The fourth-order valence-electron chi connectivity index (χ4n) is 3.45. The van der Waals surface area contributed by atoms with Crippen molar-refractivity contribution in [2.24, 2.45) is 0 Å². The minimum absolute atomic E-state index is 0.0665. The van der Waals surface area contributed by atoms with E-state index in [1.807, 2.05) is 40.9 Å². The maximum absolute atomic E-state index is 12.9. The van der Waals surface area contributed by atoms with Crippen LogP contribution in [0.15, 0.2) is 36.4 Å². The molecule has 1 atom stereocenters. The molecule has 1 amide bonds. The van der Waals surface area contributed by atoms with Crippen molar-refractivity contribution in [3.8, 4) is 11.5 Å². The van der Waals surface area contributed by atoms with Gasteiger partial charge in [0.05, 0.1) is 11.7 Å². The van der Waals surface area contributed by atoms with E-state index >= 15 is 0 Å². The molecule has 0 unspecified atom stereocenters. The first-order valence-electron chi connectivity index (χ1n) is 8.81. The van der Waals surface area contributed by atoms with Crippen molar-refractivity contribution in [3.05, 3.63) is 47.5 Å². The van der Waals surface area contributed by atoms with E-state index in [-0.39, 0.29) is 12.7 Å². The summed E-state index contributed by atoms with van der Waals surface area (Å²) in [5.74, 6) is 2.60. The van der Waals surface area contributed by atoms with Crippen molar-refractivity contribution in [3.63, 3.8) is 0 Å². The number of nitrogens with zero attached hydrogens (tertiary/aromatic N) is 3. The monoisotopic (exact) mass is 399 g/mol. The number of hydrogen-bond donors (Lipinski definition) is 0. The zero-order valence-corrected chi connectivity index (χ0v) is 16.1. The molecule has 27 heavy (non-hydrogen) atoms. The highest BCUT2D eigenvalue weighted by atomic mass is 32.2. The maximum atomic E-state index is 12.9. The third kappa shape index (κ3) is 3.23. The molecule has 138 valence electrons. The molecule has 0 saturated carbocycles. The molecule has 2 aliphatic rings. The second-order valence-electron chi connectivity index (χ2n) is 6.52. The summed E-state index contributed by atoms with van der Waals surface area (Å²) in [6.07, 6.45) is 0.913. The summed E-state index contributed by atoms with van der Waals surface area (Å²) >= 11 is 3.06. The highest BCUT2D eigenvalue weighted by Crippen LogP contribution is 2.40. The SMILES string of the molecule is O=C(c1ccc2nsnc2c1)N1CCS[C@H](c2ccc3c(c2)OCO3)CC1. The average Bonchev–Trinajstić information content (AvgIpc) is 3.29. The first-order valence-corrected chi connectivity index (χ1v) is 10.6. The maximum Gasteiger partial charge on any atom is 0.253 e. The number of thioether (sulfide) groups is 1. The van der Waals surface area contributed by atoms with Crippen LogP contribution in [0.5, 0.6) is 11.5 Å². The Hall–Kier alpha value is -2.32. The summed E-state index contributed by atoms with van der Waals surface area (Å²) in [4.78, 5) is 14.9. The Morgan fingerprint density at radius 1 is 1.04 bits per heavy atom. The van der Waals surface area contributed by atoms with Gasteiger partial charge in [-0.15, -0.1) is 0 Å². The third-order valence-corrected chi connectivity index (χ3v) is 6.78. The fraction of sp³-hybridized carbons (Fsp3) is 0.316. The first kappa shape index (κ1) is 16.8. The van der Waals surface area contributed by atoms with E-state index in [1.54, 1.807) is 0 Å². The molecule has 6 nitrogen and oxygen atoms in total. The van der Waals surface area contributed by atoms with Crippen molar-refractivity contribution >= 4 is 40.4 Å². The van der Waals surface area contributed by atoms with Crippen LogP contribution in [0, 0.1) is 0 Å². The number of benzene rings is 2. The predicted octanol–water partition coefficient (Wildman–Crippen LogP) is 3.74. The highest BCUT2D eigenvalue weighted by molar-refractivity contribution is 7.99. The van der Waals surface area contributed by atoms with Gasteiger partial charge in [0.1, 0.15) is 11.0 Å². The number of amides is 1. The van der Waals surface area contributed by atoms with E-state index in [2.05, 4.69) is 20.9 Å². The molecule has 1 saturated heterocycles. The highest BCUT2D eigenvalue weighted by Gasteiger charge is 2.24. The van der Waals surface area contributed by atoms with E-state index in [9.17, 15) is 4.79 Å². The lowest BCUT2D eigenvalue weighted by Crippen LogP contribution is -2.32. The lowest BCUT2D eigenvalue weighted by molar-refractivity contribution is 0.0766. The molecule has 0 aliphatic carbocycles. The van der Waals surface area contributed by atoms with Gasteiger partial charge in [-0.05, 0) is 42.3 Å². The second kappa shape index (κ2) is 7.01. The quantitative estimate of drug-likeness (QED) is 0.654. The Bertz CT molecular complexity index is 1010. The number of fused-ring (bicyclic) bond motifs is 2. The molecule has 2 aliphatic heterocycles. The largest absolute Gasteiger partial charge is 0.454 e. The average molecular weight is 399 g/mol. The number of carbonyl (C=O) groups is 1. The van der Waals surface area contributed by atoms with Gasteiger partial charge in [0, 0.05) is 29.7 Å². The molecule has 1 fully saturated rings. The summed E-state index contributed by atoms with van der Waals surface area (Å²) in [5.41, 5.74) is 3.54. The number of hydrogen-bond acceptors (Lipinski definition) is 7. The van der Waals surface area contributed by atoms with Crippen LogP contribution >= 0.6 is 23.5 Å². The van der Waals surface area contributed by atoms with Crippen LogP contribution in [0.4, 0.5) is 0 Å². The zero-order chi connectivity index (χ0) is 18.2. The Morgan fingerprint density at radius 2 is 1.93 bits per heavy atom. The lowest BCUT2D eigenvalue weighted by Gasteiger charge is -2.20. The van der Waals surface area contributed by atoms with Gasteiger partial charge in [-0.2, -0.15) is 20.5 Å². The summed E-state index contributed by atoms with van der Waals surface area (Å²) < 4.78 is 19.3. The van der Waals surface area contributed by atoms with Gasteiger partial charge >= 0.3 is 0 Å². The summed E-state index contributed by atoms with van der Waals surface area (Å²) in [7, 11) is 0. The normalized spacial score (nSPS) is 19.3. The zero-order valence-electron chi connectivity index (χ0n) is 14.5. The summed E-state index contributed by atoms with van der Waals surface area (Å²) in [6.45, 7) is 1.77. The molecule has 0 spiro atoms. The third-order valence-electron chi connectivity index (χ3n) is 4.90. The number of ether oxygens (including phenoxy) is 2. The summed E-state index contributed by atoms with van der Waals surface area (Å²) in [5, 5.41) is 0.350. The molecule has 3 heterocycles. The van der Waals surface area contributed by atoms with Gasteiger partial charge in [0.2, 0.25) is 6.79 Å². The van der Waals surface area contributed by atoms with Crippen LogP contribution in [0.3, 0.4) is 0 Å². The number of aromatic nitrogens is 2. The van der Waals surface area contributed by atoms with Gasteiger partial charge in [-0.25, -0.2) is 0 Å². The Labute approximate surface area is 164 Å². The van der Waals surface area contributed by atoms with Crippen LogP contribution < -0.4 is 9.47 Å². The predicted molar refractivity (Wildman–Crippen MR) is 106 cm³/mol. The van der Waals surface area contributed by atoms with Crippen molar-refractivity contribution < 1.29 is 14.3 Å². The van der Waals surface area contributed by atoms with E-state index in [0.29, 0.717) is 10.8 Å². The van der Waals surface area contributed by atoms with E-state index < -0.39 is 0 Å². The Kier molecular flexibility index (Phi) is 4.37. The first-order chi connectivity index (χ1) is 13.3. The Morgan fingerprint density at radius 3 is 2.89 bits per heavy atom. The van der Waals surface area contributed by atoms with Crippen LogP contribution in [0.1, 0.15) is 27.6 Å². The van der Waals surface area contributed by atoms with Gasteiger partial charge < -0.3 is 14.4 Å². The van der Waals surface area contributed by atoms with E-state index in [1.165, 1.54) is 17.3 Å². The molecular formula is C19H17N3O3S2. The van der Waals surface area contributed by atoms with Gasteiger partial charge in [0.15, 0.2) is 11.5 Å². The standard InChI is InChI=1S/C19H17N3O3S2/c23-19(13-1-3-14-15(9-13)21-27-20-14)22-6-5-18(26-8-7-22)12-2-4-16-17(10-12)25-11-24-16/h1-4,9-10,18H,5-8,11H2/t18-/m0/s1. The smallest absolute Gasteiger partial charge is 0.253 e. The molecule has 0 N–H and O–H groups in total.